The van der Waals surface area contributed by atoms with Crippen LogP contribution in [0.1, 0.15) is 18.1 Å². The van der Waals surface area contributed by atoms with Crippen LogP contribution in [0.25, 0.3) is 21.0 Å². The van der Waals surface area contributed by atoms with E-state index >= 15 is 0 Å². The Morgan fingerprint density at radius 3 is 2.86 bits per heavy atom. The fourth-order valence-electron chi connectivity index (χ4n) is 2.00. The van der Waals surface area contributed by atoms with Crippen LogP contribution in [-0.4, -0.2) is 15.2 Å². The van der Waals surface area contributed by atoms with E-state index in [1.807, 2.05) is 35.7 Å². The molecule has 1 atom stereocenters. The molecule has 4 aromatic rings. The predicted molar refractivity (Wildman–Crippen MR) is 91.5 cm³/mol. The van der Waals surface area contributed by atoms with Crippen LogP contribution in [0.5, 0.6) is 0 Å². The number of nitrogens with zero attached hydrogens (tertiary/aromatic N) is 3. The summed E-state index contributed by atoms with van der Waals surface area (Å²) >= 11 is 4.93. The second-order valence-electron chi connectivity index (χ2n) is 4.63. The number of fused-ring (bicyclic) bond motifs is 1. The van der Waals surface area contributed by atoms with E-state index < -0.39 is 0 Å². The highest BCUT2D eigenvalue weighted by Crippen LogP contribution is 2.39. The van der Waals surface area contributed by atoms with Crippen molar-refractivity contribution in [3.63, 3.8) is 0 Å². The molecule has 0 amide bonds. The number of benzene rings is 1. The third-order valence-corrected chi connectivity index (χ3v) is 6.15. The van der Waals surface area contributed by atoms with Gasteiger partial charge in [-0.2, -0.15) is 0 Å². The largest absolute Gasteiger partial charge is 0.419 e. The van der Waals surface area contributed by atoms with E-state index in [0.717, 1.165) is 14.7 Å². The number of aromatic nitrogens is 3. The van der Waals surface area contributed by atoms with Gasteiger partial charge in [-0.25, -0.2) is 4.98 Å². The summed E-state index contributed by atoms with van der Waals surface area (Å²) < 4.78 is 7.99. The first-order valence-corrected chi connectivity index (χ1v) is 9.27. The van der Waals surface area contributed by atoms with Crippen molar-refractivity contribution < 1.29 is 4.42 Å². The van der Waals surface area contributed by atoms with Crippen LogP contribution in [0.2, 0.25) is 0 Å². The van der Waals surface area contributed by atoms with E-state index in [1.165, 1.54) is 4.70 Å². The molecular formula is C15H11N3OS3. The van der Waals surface area contributed by atoms with Gasteiger partial charge in [0.1, 0.15) is 0 Å². The summed E-state index contributed by atoms with van der Waals surface area (Å²) in [5.41, 5.74) is 1.03. The molecule has 0 unspecified atom stereocenters. The van der Waals surface area contributed by atoms with Crippen LogP contribution in [0.3, 0.4) is 0 Å². The normalized spacial score (nSPS) is 12.8. The molecule has 7 heteroatoms. The lowest BCUT2D eigenvalue weighted by atomic mass is 10.3. The molecule has 3 aromatic heterocycles. The molecule has 1 aromatic carbocycles. The molecule has 0 bridgehead atoms. The van der Waals surface area contributed by atoms with Crippen molar-refractivity contribution in [3.8, 4) is 10.8 Å². The van der Waals surface area contributed by atoms with Crippen molar-refractivity contribution in [1.82, 2.24) is 15.2 Å². The Hall–Kier alpha value is -1.70. The molecule has 0 aliphatic heterocycles. The summed E-state index contributed by atoms with van der Waals surface area (Å²) in [6.45, 7) is 2.06. The van der Waals surface area contributed by atoms with Gasteiger partial charge in [0.15, 0.2) is 4.34 Å². The van der Waals surface area contributed by atoms with Gasteiger partial charge in [0.2, 0.25) is 5.89 Å². The van der Waals surface area contributed by atoms with Gasteiger partial charge in [-0.15, -0.1) is 32.9 Å². The van der Waals surface area contributed by atoms with Crippen LogP contribution in [0, 0.1) is 0 Å². The number of thiophene rings is 1. The average Bonchev–Trinajstić information content (AvgIpc) is 3.26. The smallest absolute Gasteiger partial charge is 0.257 e. The van der Waals surface area contributed by atoms with Gasteiger partial charge in [-0.05, 0) is 30.5 Å². The van der Waals surface area contributed by atoms with Crippen LogP contribution >= 0.6 is 34.4 Å². The van der Waals surface area contributed by atoms with Gasteiger partial charge >= 0.3 is 0 Å². The van der Waals surface area contributed by atoms with Crippen LogP contribution in [0.15, 0.2) is 50.5 Å². The maximum atomic E-state index is 5.78. The summed E-state index contributed by atoms with van der Waals surface area (Å²) in [4.78, 5) is 5.62. The molecule has 0 saturated heterocycles. The van der Waals surface area contributed by atoms with E-state index in [1.54, 1.807) is 34.4 Å². The highest BCUT2D eigenvalue weighted by Gasteiger charge is 2.18. The third-order valence-electron chi connectivity index (χ3n) is 3.07. The number of thioether (sulfide) groups is 1. The highest BCUT2D eigenvalue weighted by atomic mass is 32.2. The topological polar surface area (TPSA) is 51.8 Å². The molecule has 4 rings (SSSR count). The van der Waals surface area contributed by atoms with E-state index in [9.17, 15) is 0 Å². The van der Waals surface area contributed by atoms with Crippen molar-refractivity contribution in [3.05, 3.63) is 47.7 Å². The van der Waals surface area contributed by atoms with Crippen LogP contribution in [0.4, 0.5) is 0 Å². The maximum absolute atomic E-state index is 5.78. The molecule has 0 aliphatic rings. The summed E-state index contributed by atoms with van der Waals surface area (Å²) in [6, 6.07) is 12.1. The van der Waals surface area contributed by atoms with E-state index in [2.05, 4.69) is 28.2 Å². The Balaban J connectivity index is 1.55. The zero-order valence-electron chi connectivity index (χ0n) is 11.6. The zero-order chi connectivity index (χ0) is 14.9. The minimum absolute atomic E-state index is 0.0711. The van der Waals surface area contributed by atoms with E-state index in [-0.39, 0.29) is 5.25 Å². The predicted octanol–water partition coefficient (Wildman–Crippen LogP) is 5.26. The summed E-state index contributed by atoms with van der Waals surface area (Å²) in [6.07, 6.45) is 0. The summed E-state index contributed by atoms with van der Waals surface area (Å²) in [7, 11) is 0. The first kappa shape index (κ1) is 13.9. The Labute approximate surface area is 139 Å². The number of rotatable bonds is 4. The summed E-state index contributed by atoms with van der Waals surface area (Å²) in [5, 5.41) is 10.4. The minimum atomic E-state index is 0.0711. The zero-order valence-corrected chi connectivity index (χ0v) is 14.0. The second kappa shape index (κ2) is 5.83. The molecular weight excluding hydrogens is 334 g/mol. The minimum Gasteiger partial charge on any atom is -0.419 e. The lowest BCUT2D eigenvalue weighted by Gasteiger charge is -2.02. The van der Waals surface area contributed by atoms with Gasteiger partial charge in [-0.3, -0.25) is 0 Å². The Morgan fingerprint density at radius 1 is 1.14 bits per heavy atom. The first-order valence-electron chi connectivity index (χ1n) is 6.69. The van der Waals surface area contributed by atoms with Crippen molar-refractivity contribution in [2.45, 2.75) is 16.5 Å². The Kier molecular flexibility index (Phi) is 3.69. The molecule has 22 heavy (non-hydrogen) atoms. The number of thiazole rings is 1. The van der Waals surface area contributed by atoms with Crippen molar-refractivity contribution in [2.24, 2.45) is 0 Å². The van der Waals surface area contributed by atoms with Crippen LogP contribution in [-0.2, 0) is 0 Å². The molecule has 0 saturated carbocycles. The van der Waals surface area contributed by atoms with Crippen molar-refractivity contribution >= 4 is 44.7 Å². The average molecular weight is 345 g/mol. The highest BCUT2D eigenvalue weighted by molar-refractivity contribution is 8.01. The Morgan fingerprint density at radius 2 is 2.05 bits per heavy atom. The molecule has 0 fully saturated rings. The Bertz CT molecular complexity index is 865. The lowest BCUT2D eigenvalue weighted by molar-refractivity contribution is 0.510. The van der Waals surface area contributed by atoms with E-state index in [4.69, 9.17) is 4.42 Å². The molecule has 4 nitrogen and oxygen atoms in total. The van der Waals surface area contributed by atoms with Gasteiger partial charge < -0.3 is 4.42 Å². The quantitative estimate of drug-likeness (QED) is 0.472. The maximum Gasteiger partial charge on any atom is 0.257 e. The molecule has 0 aliphatic carbocycles. The molecule has 0 radical (unpaired) electrons. The van der Waals surface area contributed by atoms with Gasteiger partial charge in [-0.1, -0.05) is 30.0 Å². The van der Waals surface area contributed by atoms with Gasteiger partial charge in [0, 0.05) is 0 Å². The number of para-hydroxylation sites is 1. The fraction of sp³-hybridized carbons (Fsp3) is 0.133. The summed E-state index contributed by atoms with van der Waals surface area (Å²) in [5.74, 6) is 1.22. The number of hydrogen-bond acceptors (Lipinski definition) is 7. The fourth-order valence-corrected chi connectivity index (χ4v) is 4.89. The third kappa shape index (κ3) is 2.67. The van der Waals surface area contributed by atoms with Gasteiger partial charge in [0.05, 0.1) is 20.3 Å². The lowest BCUT2D eigenvalue weighted by Crippen LogP contribution is -1.88. The van der Waals surface area contributed by atoms with Gasteiger partial charge in [0.25, 0.3) is 5.89 Å². The molecule has 3 heterocycles. The molecule has 110 valence electrons. The van der Waals surface area contributed by atoms with Crippen LogP contribution < -0.4 is 0 Å². The molecule has 0 spiro atoms. The van der Waals surface area contributed by atoms with E-state index in [0.29, 0.717) is 11.8 Å². The van der Waals surface area contributed by atoms with Crippen molar-refractivity contribution in [2.75, 3.05) is 0 Å². The number of hydrogen-bond donors (Lipinski definition) is 0. The monoisotopic (exact) mass is 345 g/mol. The van der Waals surface area contributed by atoms with Crippen molar-refractivity contribution in [1.29, 1.82) is 0 Å². The second-order valence-corrected chi connectivity index (χ2v) is 8.20. The molecule has 0 N–H and O–H groups in total. The first-order chi connectivity index (χ1) is 10.8. The standard InChI is InChI=1S/C15H11N3OS3/c1-9(13-17-18-14(19-13)12-7-4-8-20-12)21-15-16-10-5-2-3-6-11(10)22-15/h2-9H,1H3/t9-/m1/s1. The SMILES string of the molecule is C[C@@H](Sc1nc2ccccc2s1)c1nnc(-c2cccs2)o1.